The first-order chi connectivity index (χ1) is 20.6. The molecule has 0 saturated carbocycles. The number of carbonyl (C=O) groups is 4. The molecule has 0 fully saturated rings. The minimum absolute atomic E-state index is 0.0447. The molecule has 4 unspecified atom stereocenters. The van der Waals surface area contributed by atoms with Gasteiger partial charge in [-0.05, 0) is 41.8 Å². The van der Waals surface area contributed by atoms with Crippen LogP contribution in [0.3, 0.4) is 0 Å². The van der Waals surface area contributed by atoms with Gasteiger partial charge in [0.1, 0.15) is 23.9 Å². The molecule has 0 aliphatic heterocycles. The van der Waals surface area contributed by atoms with Gasteiger partial charge in [0.15, 0.2) is 0 Å². The van der Waals surface area contributed by atoms with Crippen LogP contribution in [0.1, 0.15) is 23.6 Å². The van der Waals surface area contributed by atoms with Crippen LogP contribution in [0.4, 0.5) is 0 Å². The van der Waals surface area contributed by atoms with E-state index in [1.807, 2.05) is 30.3 Å². The lowest BCUT2D eigenvalue weighted by molar-refractivity contribution is -0.142. The average Bonchev–Trinajstić information content (AvgIpc) is 3.40. The largest absolute Gasteiger partial charge is 0.508 e. The number of aromatic hydroxyl groups is 1. The Hall–Kier alpha value is -5.16. The molecule has 0 saturated heterocycles. The van der Waals surface area contributed by atoms with Crippen LogP contribution in [0.25, 0.3) is 10.9 Å². The summed E-state index contributed by atoms with van der Waals surface area (Å²) in [5.41, 5.74) is 8.68. The molecule has 3 aromatic carbocycles. The van der Waals surface area contributed by atoms with Crippen molar-refractivity contribution < 1.29 is 29.4 Å². The van der Waals surface area contributed by atoms with Crippen molar-refractivity contribution in [2.75, 3.05) is 0 Å². The van der Waals surface area contributed by atoms with E-state index < -0.39 is 47.9 Å². The summed E-state index contributed by atoms with van der Waals surface area (Å²) in [5.74, 6) is -3.08. The Morgan fingerprint density at radius 3 is 1.91 bits per heavy atom. The molecule has 43 heavy (non-hydrogen) atoms. The van der Waals surface area contributed by atoms with Crippen molar-refractivity contribution in [3.05, 3.63) is 102 Å². The molecule has 8 N–H and O–H groups in total. The second-order valence-corrected chi connectivity index (χ2v) is 10.4. The molecule has 0 aliphatic carbocycles. The van der Waals surface area contributed by atoms with E-state index in [1.165, 1.54) is 19.1 Å². The molecule has 11 nitrogen and oxygen atoms in total. The van der Waals surface area contributed by atoms with Crippen LogP contribution in [0, 0.1) is 0 Å². The van der Waals surface area contributed by atoms with E-state index in [2.05, 4.69) is 20.9 Å². The highest BCUT2D eigenvalue weighted by molar-refractivity contribution is 5.95. The van der Waals surface area contributed by atoms with Gasteiger partial charge in [-0.25, -0.2) is 4.79 Å². The minimum Gasteiger partial charge on any atom is -0.508 e. The maximum atomic E-state index is 13.7. The molecule has 4 atom stereocenters. The molecule has 4 rings (SSSR count). The monoisotopic (exact) mass is 585 g/mol. The smallest absolute Gasteiger partial charge is 0.326 e. The molecule has 224 valence electrons. The number of benzene rings is 3. The topological polar surface area (TPSA) is 187 Å². The number of carboxylic acid groups (broad SMARTS) is 1. The second-order valence-electron chi connectivity index (χ2n) is 10.4. The van der Waals surface area contributed by atoms with Gasteiger partial charge in [0.25, 0.3) is 0 Å². The Bertz CT molecular complexity index is 1570. The van der Waals surface area contributed by atoms with Gasteiger partial charge in [-0.3, -0.25) is 14.4 Å². The number of carbonyl (C=O) groups excluding carboxylic acids is 3. The molecule has 0 spiro atoms. The van der Waals surface area contributed by atoms with Gasteiger partial charge in [0, 0.05) is 36.4 Å². The summed E-state index contributed by atoms with van der Waals surface area (Å²) < 4.78 is 0. The van der Waals surface area contributed by atoms with Crippen molar-refractivity contribution in [1.82, 2.24) is 20.9 Å². The number of aromatic amines is 1. The van der Waals surface area contributed by atoms with Gasteiger partial charge in [0.05, 0.1) is 6.04 Å². The van der Waals surface area contributed by atoms with Gasteiger partial charge < -0.3 is 36.9 Å². The predicted molar refractivity (Wildman–Crippen MR) is 161 cm³/mol. The number of phenols is 1. The van der Waals surface area contributed by atoms with Crippen LogP contribution in [0.2, 0.25) is 0 Å². The number of rotatable bonds is 13. The van der Waals surface area contributed by atoms with E-state index in [9.17, 15) is 29.4 Å². The molecule has 1 aromatic heterocycles. The number of fused-ring (bicyclic) bond motifs is 1. The van der Waals surface area contributed by atoms with E-state index in [4.69, 9.17) is 5.73 Å². The van der Waals surface area contributed by atoms with Crippen LogP contribution in [-0.4, -0.2) is 63.1 Å². The average molecular weight is 586 g/mol. The van der Waals surface area contributed by atoms with Crippen LogP contribution < -0.4 is 21.7 Å². The summed E-state index contributed by atoms with van der Waals surface area (Å²) in [6, 6.07) is 18.1. The van der Waals surface area contributed by atoms with Gasteiger partial charge in [0.2, 0.25) is 17.7 Å². The second kappa shape index (κ2) is 14.1. The van der Waals surface area contributed by atoms with Crippen molar-refractivity contribution in [3.63, 3.8) is 0 Å². The fourth-order valence-electron chi connectivity index (χ4n) is 4.70. The highest BCUT2D eigenvalue weighted by Gasteiger charge is 2.31. The molecule has 4 aromatic rings. The first kappa shape index (κ1) is 30.8. The first-order valence-corrected chi connectivity index (χ1v) is 13.9. The molecule has 1 heterocycles. The number of aliphatic carboxylic acids is 1. The van der Waals surface area contributed by atoms with E-state index in [0.29, 0.717) is 5.56 Å². The number of nitrogens with two attached hydrogens (primary N) is 1. The third kappa shape index (κ3) is 8.43. The number of hydrogen-bond donors (Lipinski definition) is 7. The Morgan fingerprint density at radius 2 is 1.26 bits per heavy atom. The molecule has 0 radical (unpaired) electrons. The zero-order valence-corrected chi connectivity index (χ0v) is 23.6. The molecule has 0 bridgehead atoms. The van der Waals surface area contributed by atoms with Crippen LogP contribution in [0.5, 0.6) is 5.75 Å². The van der Waals surface area contributed by atoms with E-state index in [0.717, 1.165) is 22.0 Å². The SMILES string of the molecule is CC(N)C(=O)NC(Cc1ccc(O)cc1)C(=O)NC(Cc1c[nH]c2ccccc12)C(=O)NC(Cc1ccccc1)C(=O)O. The molecule has 0 aliphatic rings. The normalized spacial score (nSPS) is 13.8. The third-order valence-corrected chi connectivity index (χ3v) is 7.05. The zero-order valence-electron chi connectivity index (χ0n) is 23.6. The molecule has 11 heteroatoms. The van der Waals surface area contributed by atoms with Crippen molar-refractivity contribution >= 4 is 34.6 Å². The summed E-state index contributed by atoms with van der Waals surface area (Å²) >= 11 is 0. The van der Waals surface area contributed by atoms with Crippen LogP contribution in [-0.2, 0) is 38.4 Å². The summed E-state index contributed by atoms with van der Waals surface area (Å²) in [5, 5.41) is 28.3. The van der Waals surface area contributed by atoms with Crippen molar-refractivity contribution in [3.8, 4) is 5.75 Å². The lowest BCUT2D eigenvalue weighted by Gasteiger charge is -2.25. The quantitative estimate of drug-likeness (QED) is 0.125. The van der Waals surface area contributed by atoms with Gasteiger partial charge in [-0.15, -0.1) is 0 Å². The third-order valence-electron chi connectivity index (χ3n) is 7.05. The van der Waals surface area contributed by atoms with Crippen LogP contribution in [0.15, 0.2) is 85.1 Å². The lowest BCUT2D eigenvalue weighted by atomic mass is 10.0. The number of carboxylic acids is 1. The van der Waals surface area contributed by atoms with Gasteiger partial charge in [-0.2, -0.15) is 0 Å². The standard InChI is InChI=1S/C32H35N5O6/c1-19(33)29(39)35-26(15-21-11-13-23(38)14-12-21)30(40)36-27(17-22-18-34-25-10-6-5-9-24(22)25)31(41)37-28(32(42)43)16-20-7-3-2-4-8-20/h2-14,18-19,26-28,34,38H,15-17,33H2,1H3,(H,35,39)(H,36,40)(H,37,41)(H,42,43). The number of phenolic OH excluding ortho intramolecular Hbond substituents is 1. The molecule has 3 amide bonds. The Kier molecular flexibility index (Phi) is 10.1. The van der Waals surface area contributed by atoms with E-state index in [-0.39, 0.29) is 25.0 Å². The minimum atomic E-state index is -1.25. The van der Waals surface area contributed by atoms with Crippen molar-refractivity contribution in [2.24, 2.45) is 5.73 Å². The highest BCUT2D eigenvalue weighted by atomic mass is 16.4. The molecular formula is C32H35N5O6. The Balaban J connectivity index is 1.60. The summed E-state index contributed by atoms with van der Waals surface area (Å²) in [6.07, 6.45) is 1.88. The van der Waals surface area contributed by atoms with Gasteiger partial charge in [-0.1, -0.05) is 60.7 Å². The van der Waals surface area contributed by atoms with E-state index >= 15 is 0 Å². The number of amides is 3. The fraction of sp³-hybridized carbons (Fsp3) is 0.250. The van der Waals surface area contributed by atoms with Crippen molar-refractivity contribution in [1.29, 1.82) is 0 Å². The number of para-hydroxylation sites is 1. The van der Waals surface area contributed by atoms with Gasteiger partial charge >= 0.3 is 5.97 Å². The first-order valence-electron chi connectivity index (χ1n) is 13.9. The zero-order chi connectivity index (χ0) is 30.9. The van der Waals surface area contributed by atoms with E-state index in [1.54, 1.807) is 42.6 Å². The number of hydrogen-bond acceptors (Lipinski definition) is 6. The highest BCUT2D eigenvalue weighted by Crippen LogP contribution is 2.20. The predicted octanol–water partition coefficient (Wildman–Crippen LogP) is 1.79. The Labute approximate surface area is 248 Å². The number of aromatic nitrogens is 1. The number of nitrogens with one attached hydrogen (secondary N) is 4. The van der Waals surface area contributed by atoms with Crippen LogP contribution >= 0.6 is 0 Å². The lowest BCUT2D eigenvalue weighted by Crippen LogP contribution is -2.58. The maximum Gasteiger partial charge on any atom is 0.326 e. The van der Waals surface area contributed by atoms with Crippen molar-refractivity contribution in [2.45, 2.75) is 50.4 Å². The summed E-state index contributed by atoms with van der Waals surface area (Å²) in [6.45, 7) is 1.48. The summed E-state index contributed by atoms with van der Waals surface area (Å²) in [7, 11) is 0. The maximum absolute atomic E-state index is 13.7. The number of H-pyrrole nitrogens is 1. The summed E-state index contributed by atoms with van der Waals surface area (Å²) in [4.78, 5) is 55.1. The molecular weight excluding hydrogens is 550 g/mol. The Morgan fingerprint density at radius 1 is 0.721 bits per heavy atom. The fourth-order valence-corrected chi connectivity index (χ4v) is 4.70.